The second-order valence-electron chi connectivity index (χ2n) is 6.23. The van der Waals surface area contributed by atoms with Crippen molar-refractivity contribution in [3.63, 3.8) is 0 Å². The van der Waals surface area contributed by atoms with Crippen molar-refractivity contribution in [2.24, 2.45) is 0 Å². The first-order valence-corrected chi connectivity index (χ1v) is 10.7. The average molecular weight is 510 g/mol. The predicted molar refractivity (Wildman–Crippen MR) is 124 cm³/mol. The molecule has 31 heavy (non-hydrogen) atoms. The van der Waals surface area contributed by atoms with Crippen LogP contribution in [0.3, 0.4) is 0 Å². The molecule has 10 heteroatoms. The number of ether oxygens (including phenoxy) is 3. The van der Waals surface area contributed by atoms with Gasteiger partial charge in [-0.25, -0.2) is 0 Å². The van der Waals surface area contributed by atoms with E-state index in [2.05, 4.69) is 39.0 Å². The molecule has 0 aliphatic heterocycles. The summed E-state index contributed by atoms with van der Waals surface area (Å²) < 4.78 is 16.5. The standard InChI is InChI=1S/C21H24BrN3O5S/c1-3-14-4-7-16(8-5-14)30-13-19(26)24-25-21(31)23-20(27)15-6-9-18(17(22)12-15)29-11-10-28-2/h4-9,12H,3,10-11,13H2,1-2H3,(H,24,26)(H2,23,25,27,31). The van der Waals surface area contributed by atoms with Gasteiger partial charge in [-0.05, 0) is 70.5 Å². The zero-order valence-corrected chi connectivity index (χ0v) is 19.6. The molecule has 3 N–H and O–H groups in total. The number of hydrogen-bond donors (Lipinski definition) is 3. The summed E-state index contributed by atoms with van der Waals surface area (Å²) in [7, 11) is 1.59. The molecule has 0 saturated heterocycles. The van der Waals surface area contributed by atoms with Crippen LogP contribution >= 0.6 is 28.1 Å². The Balaban J connectivity index is 1.75. The molecule has 0 aliphatic carbocycles. The fourth-order valence-electron chi connectivity index (χ4n) is 2.33. The fourth-order valence-corrected chi connectivity index (χ4v) is 2.97. The van der Waals surface area contributed by atoms with E-state index in [-0.39, 0.29) is 11.7 Å². The Labute approximate surface area is 194 Å². The number of carbonyl (C=O) groups is 2. The summed E-state index contributed by atoms with van der Waals surface area (Å²) >= 11 is 8.40. The maximum Gasteiger partial charge on any atom is 0.276 e. The van der Waals surface area contributed by atoms with E-state index in [1.807, 2.05) is 12.1 Å². The lowest BCUT2D eigenvalue weighted by atomic mass is 10.2. The van der Waals surface area contributed by atoms with Gasteiger partial charge in [0.15, 0.2) is 11.7 Å². The summed E-state index contributed by atoms with van der Waals surface area (Å²) in [6.07, 6.45) is 0.928. The van der Waals surface area contributed by atoms with Gasteiger partial charge in [0.25, 0.3) is 11.8 Å². The van der Waals surface area contributed by atoms with Crippen molar-refractivity contribution in [2.45, 2.75) is 13.3 Å². The van der Waals surface area contributed by atoms with E-state index in [1.54, 1.807) is 37.4 Å². The van der Waals surface area contributed by atoms with Crippen LogP contribution in [-0.2, 0) is 16.0 Å². The highest BCUT2D eigenvalue weighted by atomic mass is 79.9. The highest BCUT2D eigenvalue weighted by Crippen LogP contribution is 2.26. The number of methoxy groups -OCH3 is 1. The predicted octanol–water partition coefficient (Wildman–Crippen LogP) is 2.75. The number of rotatable bonds is 9. The molecule has 0 radical (unpaired) electrons. The molecule has 0 bridgehead atoms. The number of thiocarbonyl (C=S) groups is 1. The molecule has 0 atom stereocenters. The van der Waals surface area contributed by atoms with Gasteiger partial charge in [-0.3, -0.25) is 25.8 Å². The maximum absolute atomic E-state index is 12.3. The Morgan fingerprint density at radius 3 is 2.42 bits per heavy atom. The third-order valence-electron chi connectivity index (χ3n) is 3.98. The SMILES string of the molecule is CCc1ccc(OCC(=O)NNC(=S)NC(=O)c2ccc(OCCOC)c(Br)c2)cc1. The van der Waals surface area contributed by atoms with Gasteiger partial charge < -0.3 is 14.2 Å². The molecule has 2 aromatic rings. The second kappa shape index (κ2) is 12.9. The molecule has 166 valence electrons. The highest BCUT2D eigenvalue weighted by Gasteiger charge is 2.12. The molecule has 8 nitrogen and oxygen atoms in total. The van der Waals surface area contributed by atoms with Crippen molar-refractivity contribution in [1.29, 1.82) is 0 Å². The number of amides is 2. The number of hydrazine groups is 1. The molecule has 2 rings (SSSR count). The summed E-state index contributed by atoms with van der Waals surface area (Å²) in [5.41, 5.74) is 6.38. The van der Waals surface area contributed by atoms with Gasteiger partial charge in [0.05, 0.1) is 11.1 Å². The summed E-state index contributed by atoms with van der Waals surface area (Å²) in [6.45, 7) is 2.70. The number of aryl methyl sites for hydroxylation is 1. The van der Waals surface area contributed by atoms with Crippen molar-refractivity contribution < 1.29 is 23.8 Å². The summed E-state index contributed by atoms with van der Waals surface area (Å²) in [6, 6.07) is 12.3. The topological polar surface area (TPSA) is 97.9 Å². The first-order valence-electron chi connectivity index (χ1n) is 9.46. The normalized spacial score (nSPS) is 10.2. The Hall–Kier alpha value is -2.69. The average Bonchev–Trinajstić information content (AvgIpc) is 2.77. The molecule has 0 saturated carbocycles. The lowest BCUT2D eigenvalue weighted by molar-refractivity contribution is -0.123. The van der Waals surface area contributed by atoms with Gasteiger partial charge >= 0.3 is 0 Å². The number of benzene rings is 2. The number of carbonyl (C=O) groups excluding carboxylic acids is 2. The lowest BCUT2D eigenvalue weighted by Crippen LogP contribution is -2.49. The van der Waals surface area contributed by atoms with Crippen LogP contribution < -0.4 is 25.6 Å². The fraction of sp³-hybridized carbons (Fsp3) is 0.286. The molecule has 2 amide bonds. The van der Waals surface area contributed by atoms with Crippen molar-refractivity contribution >= 4 is 45.1 Å². The van der Waals surface area contributed by atoms with Gasteiger partial charge in [0, 0.05) is 12.7 Å². The molecule has 0 heterocycles. The van der Waals surface area contributed by atoms with Crippen molar-refractivity contribution in [3.8, 4) is 11.5 Å². The van der Waals surface area contributed by atoms with Gasteiger partial charge in [-0.1, -0.05) is 19.1 Å². The van der Waals surface area contributed by atoms with Crippen LogP contribution in [-0.4, -0.2) is 43.9 Å². The quantitative estimate of drug-likeness (QED) is 0.271. The molecule has 0 aromatic heterocycles. The van der Waals surface area contributed by atoms with Crippen LogP contribution in [0, 0.1) is 0 Å². The first-order chi connectivity index (χ1) is 14.9. The van der Waals surface area contributed by atoms with E-state index in [4.69, 9.17) is 26.4 Å². The Morgan fingerprint density at radius 1 is 1.03 bits per heavy atom. The third kappa shape index (κ3) is 8.52. The van der Waals surface area contributed by atoms with Crippen molar-refractivity contribution in [3.05, 3.63) is 58.1 Å². The van der Waals surface area contributed by atoms with Crippen LogP contribution in [0.2, 0.25) is 0 Å². The maximum atomic E-state index is 12.3. The molecule has 0 spiro atoms. The van der Waals surface area contributed by atoms with Crippen LogP contribution in [0.25, 0.3) is 0 Å². The minimum absolute atomic E-state index is 0.0535. The van der Waals surface area contributed by atoms with Crippen molar-refractivity contribution in [2.75, 3.05) is 26.9 Å². The number of halogens is 1. The van der Waals surface area contributed by atoms with E-state index in [0.717, 1.165) is 6.42 Å². The highest BCUT2D eigenvalue weighted by molar-refractivity contribution is 9.10. The molecule has 0 fully saturated rings. The Bertz CT molecular complexity index is 908. The van der Waals surface area contributed by atoms with Gasteiger partial charge in [0.2, 0.25) is 0 Å². The molecule has 0 unspecified atom stereocenters. The lowest BCUT2D eigenvalue weighted by Gasteiger charge is -2.12. The number of hydrogen-bond acceptors (Lipinski definition) is 6. The zero-order chi connectivity index (χ0) is 22.6. The summed E-state index contributed by atoms with van der Waals surface area (Å²) in [5, 5.41) is 2.43. The Kier molecular flexibility index (Phi) is 10.2. The second-order valence-corrected chi connectivity index (χ2v) is 7.49. The van der Waals surface area contributed by atoms with Gasteiger partial charge in [-0.2, -0.15) is 0 Å². The van der Waals surface area contributed by atoms with E-state index >= 15 is 0 Å². The van der Waals surface area contributed by atoms with E-state index < -0.39 is 11.8 Å². The number of nitrogens with one attached hydrogen (secondary N) is 3. The summed E-state index contributed by atoms with van der Waals surface area (Å²) in [5.74, 6) is 0.286. The summed E-state index contributed by atoms with van der Waals surface area (Å²) in [4.78, 5) is 24.2. The van der Waals surface area contributed by atoms with Crippen LogP contribution in [0.1, 0.15) is 22.8 Å². The van der Waals surface area contributed by atoms with Crippen LogP contribution in [0.15, 0.2) is 46.9 Å². The van der Waals surface area contributed by atoms with Crippen LogP contribution in [0.4, 0.5) is 0 Å². The van der Waals surface area contributed by atoms with Gasteiger partial charge in [-0.15, -0.1) is 0 Å². The molecule has 2 aromatic carbocycles. The van der Waals surface area contributed by atoms with Gasteiger partial charge in [0.1, 0.15) is 18.1 Å². The van der Waals surface area contributed by atoms with E-state index in [1.165, 1.54) is 5.56 Å². The largest absolute Gasteiger partial charge is 0.490 e. The third-order valence-corrected chi connectivity index (χ3v) is 4.81. The van der Waals surface area contributed by atoms with E-state index in [9.17, 15) is 9.59 Å². The Morgan fingerprint density at radius 2 is 1.77 bits per heavy atom. The minimum Gasteiger partial charge on any atom is -0.490 e. The minimum atomic E-state index is -0.448. The smallest absolute Gasteiger partial charge is 0.276 e. The van der Waals surface area contributed by atoms with Crippen molar-refractivity contribution in [1.82, 2.24) is 16.2 Å². The van der Waals surface area contributed by atoms with Crippen LogP contribution in [0.5, 0.6) is 11.5 Å². The zero-order valence-electron chi connectivity index (χ0n) is 17.2. The first kappa shape index (κ1) is 24.6. The van der Waals surface area contributed by atoms with E-state index in [0.29, 0.717) is 34.7 Å². The molecule has 0 aliphatic rings. The molecular weight excluding hydrogens is 486 g/mol. The molecular formula is C21H24BrN3O5S. The monoisotopic (exact) mass is 509 g/mol.